The summed E-state index contributed by atoms with van der Waals surface area (Å²) in [6.45, 7) is -0.0575. The molecule has 0 aliphatic rings. The van der Waals surface area contributed by atoms with Crippen molar-refractivity contribution in [2.24, 2.45) is 0 Å². The summed E-state index contributed by atoms with van der Waals surface area (Å²) >= 11 is 1.40. The van der Waals surface area contributed by atoms with E-state index in [1.54, 1.807) is 30.3 Å². The molecule has 0 amide bonds. The number of methoxy groups -OCH3 is 1. The number of aromatic nitrogens is 2. The zero-order chi connectivity index (χ0) is 14.8. The molecule has 0 atom stereocenters. The molecule has 0 unspecified atom stereocenters. The molecule has 0 saturated carbocycles. The minimum atomic E-state index is -0.204. The second kappa shape index (κ2) is 5.49. The van der Waals surface area contributed by atoms with Crippen LogP contribution in [0.15, 0.2) is 46.8 Å². The summed E-state index contributed by atoms with van der Waals surface area (Å²) in [7, 11) is 1.51. The van der Waals surface area contributed by atoms with Gasteiger partial charge in [0.1, 0.15) is 10.6 Å². The third-order valence-electron chi connectivity index (χ3n) is 3.17. The van der Waals surface area contributed by atoms with E-state index in [-0.39, 0.29) is 17.9 Å². The monoisotopic (exact) mass is 300 g/mol. The number of carbonyl (C=O) groups is 1. The van der Waals surface area contributed by atoms with E-state index in [9.17, 15) is 9.59 Å². The summed E-state index contributed by atoms with van der Waals surface area (Å²) in [6, 6.07) is 8.68. The Morgan fingerprint density at radius 3 is 2.95 bits per heavy atom. The van der Waals surface area contributed by atoms with Crippen LogP contribution in [0.25, 0.3) is 10.2 Å². The lowest BCUT2D eigenvalue weighted by atomic mass is 10.1. The summed E-state index contributed by atoms with van der Waals surface area (Å²) in [4.78, 5) is 29.5. The van der Waals surface area contributed by atoms with Crippen LogP contribution >= 0.6 is 11.3 Å². The first-order valence-electron chi connectivity index (χ1n) is 6.29. The Morgan fingerprint density at radius 1 is 1.33 bits per heavy atom. The van der Waals surface area contributed by atoms with Crippen molar-refractivity contribution in [3.63, 3.8) is 0 Å². The molecule has 0 spiro atoms. The Hall–Kier alpha value is -2.47. The van der Waals surface area contributed by atoms with Crippen LogP contribution in [0.2, 0.25) is 0 Å². The molecule has 0 bridgehead atoms. The lowest BCUT2D eigenvalue weighted by Crippen LogP contribution is -2.24. The van der Waals surface area contributed by atoms with Gasteiger partial charge in [-0.15, -0.1) is 11.3 Å². The van der Waals surface area contributed by atoms with E-state index in [2.05, 4.69) is 4.98 Å². The zero-order valence-electron chi connectivity index (χ0n) is 11.3. The molecule has 21 heavy (non-hydrogen) atoms. The number of Topliss-reactive ketones (excluding diaryl/α,β-unsaturated/α-hetero) is 1. The van der Waals surface area contributed by atoms with E-state index >= 15 is 0 Å². The van der Waals surface area contributed by atoms with Gasteiger partial charge in [0.15, 0.2) is 5.78 Å². The fourth-order valence-electron chi connectivity index (χ4n) is 2.12. The maximum Gasteiger partial charge on any atom is 0.262 e. The van der Waals surface area contributed by atoms with Crippen molar-refractivity contribution in [1.82, 2.24) is 9.55 Å². The van der Waals surface area contributed by atoms with Crippen molar-refractivity contribution in [3.8, 4) is 5.75 Å². The van der Waals surface area contributed by atoms with Crippen LogP contribution in [0.4, 0.5) is 0 Å². The molecule has 3 aromatic rings. The molecule has 106 valence electrons. The molecule has 2 heterocycles. The molecule has 0 saturated heterocycles. The van der Waals surface area contributed by atoms with Crippen LogP contribution in [0.1, 0.15) is 10.4 Å². The van der Waals surface area contributed by atoms with Gasteiger partial charge in [0.05, 0.1) is 30.9 Å². The van der Waals surface area contributed by atoms with Crippen LogP contribution < -0.4 is 10.3 Å². The zero-order valence-corrected chi connectivity index (χ0v) is 12.1. The van der Waals surface area contributed by atoms with E-state index in [0.29, 0.717) is 21.5 Å². The van der Waals surface area contributed by atoms with Crippen LogP contribution in [0.3, 0.4) is 0 Å². The van der Waals surface area contributed by atoms with Gasteiger partial charge in [-0.2, -0.15) is 0 Å². The maximum atomic E-state index is 12.4. The molecule has 0 aliphatic heterocycles. The first kappa shape index (κ1) is 13.5. The van der Waals surface area contributed by atoms with Crippen molar-refractivity contribution in [3.05, 3.63) is 58.0 Å². The largest absolute Gasteiger partial charge is 0.496 e. The smallest absolute Gasteiger partial charge is 0.262 e. The molecule has 2 aromatic heterocycles. The number of hydrogen-bond donors (Lipinski definition) is 0. The summed E-state index contributed by atoms with van der Waals surface area (Å²) in [5, 5.41) is 2.35. The number of ether oxygens (including phenoxy) is 1. The Morgan fingerprint density at radius 2 is 2.14 bits per heavy atom. The molecule has 0 N–H and O–H groups in total. The molecule has 1 aromatic carbocycles. The highest BCUT2D eigenvalue weighted by atomic mass is 32.1. The third kappa shape index (κ3) is 2.45. The van der Waals surface area contributed by atoms with E-state index < -0.39 is 0 Å². The van der Waals surface area contributed by atoms with Crippen molar-refractivity contribution in [2.75, 3.05) is 7.11 Å². The number of thiophene rings is 1. The van der Waals surface area contributed by atoms with Gasteiger partial charge in [-0.05, 0) is 23.6 Å². The lowest BCUT2D eigenvalue weighted by Gasteiger charge is -2.08. The maximum absolute atomic E-state index is 12.4. The highest BCUT2D eigenvalue weighted by molar-refractivity contribution is 7.16. The quantitative estimate of drug-likeness (QED) is 0.694. The van der Waals surface area contributed by atoms with E-state index in [1.165, 1.54) is 29.3 Å². The minimum Gasteiger partial charge on any atom is -0.496 e. The summed E-state index contributed by atoms with van der Waals surface area (Å²) in [6.07, 6.45) is 1.41. The normalized spacial score (nSPS) is 10.7. The number of hydrogen-bond acceptors (Lipinski definition) is 5. The van der Waals surface area contributed by atoms with E-state index in [4.69, 9.17) is 4.74 Å². The van der Waals surface area contributed by atoms with Gasteiger partial charge in [0.2, 0.25) is 0 Å². The number of ketones is 1. The van der Waals surface area contributed by atoms with Gasteiger partial charge in [0.25, 0.3) is 5.56 Å². The number of nitrogens with zero attached hydrogens (tertiary/aromatic N) is 2. The predicted octanol–water partition coefficient (Wildman–Crippen LogP) is 2.35. The summed E-state index contributed by atoms with van der Waals surface area (Å²) in [5.74, 6) is 0.311. The van der Waals surface area contributed by atoms with Crippen LogP contribution in [0.5, 0.6) is 5.75 Å². The van der Waals surface area contributed by atoms with Gasteiger partial charge in [-0.25, -0.2) is 4.98 Å². The molecular weight excluding hydrogens is 288 g/mol. The Bertz CT molecular complexity index is 866. The molecule has 0 radical (unpaired) electrons. The Kier molecular flexibility index (Phi) is 3.53. The molecule has 3 rings (SSSR count). The van der Waals surface area contributed by atoms with E-state index in [0.717, 1.165) is 0 Å². The van der Waals surface area contributed by atoms with Crippen LogP contribution in [-0.4, -0.2) is 22.4 Å². The van der Waals surface area contributed by atoms with Crippen molar-refractivity contribution >= 4 is 27.3 Å². The number of carbonyl (C=O) groups excluding carboxylic acids is 1. The topological polar surface area (TPSA) is 61.2 Å². The average Bonchev–Trinajstić information content (AvgIpc) is 2.99. The van der Waals surface area contributed by atoms with Gasteiger partial charge in [0, 0.05) is 0 Å². The third-order valence-corrected chi connectivity index (χ3v) is 3.99. The van der Waals surface area contributed by atoms with Gasteiger partial charge >= 0.3 is 0 Å². The fourth-order valence-corrected chi connectivity index (χ4v) is 2.84. The highest BCUT2D eigenvalue weighted by Gasteiger charge is 2.14. The molecule has 0 aliphatic carbocycles. The van der Waals surface area contributed by atoms with Gasteiger partial charge in [-0.1, -0.05) is 12.1 Å². The number of fused-ring (bicyclic) bond motifs is 1. The summed E-state index contributed by atoms with van der Waals surface area (Å²) in [5.41, 5.74) is 0.252. The van der Waals surface area contributed by atoms with E-state index in [1.807, 2.05) is 5.38 Å². The van der Waals surface area contributed by atoms with Crippen LogP contribution in [-0.2, 0) is 6.54 Å². The standard InChI is InChI=1S/C15H12N2O3S/c1-20-13-5-3-2-4-10(13)12(18)8-17-9-16-14-11(15(17)19)6-7-21-14/h2-7,9H,8H2,1H3. The first-order chi connectivity index (χ1) is 10.2. The second-order valence-corrected chi connectivity index (χ2v) is 5.34. The number of para-hydroxylation sites is 1. The second-order valence-electron chi connectivity index (χ2n) is 4.44. The molecular formula is C15H12N2O3S. The average molecular weight is 300 g/mol. The van der Waals surface area contributed by atoms with Crippen molar-refractivity contribution < 1.29 is 9.53 Å². The Labute approximate surface area is 124 Å². The lowest BCUT2D eigenvalue weighted by molar-refractivity contribution is 0.0967. The van der Waals surface area contributed by atoms with Crippen molar-refractivity contribution in [1.29, 1.82) is 0 Å². The predicted molar refractivity (Wildman–Crippen MR) is 81.2 cm³/mol. The SMILES string of the molecule is COc1ccccc1C(=O)Cn1cnc2sccc2c1=O. The number of benzene rings is 1. The Balaban J connectivity index is 1.96. The van der Waals surface area contributed by atoms with Gasteiger partial charge < -0.3 is 4.74 Å². The minimum absolute atomic E-state index is 0.0575. The van der Waals surface area contributed by atoms with Crippen LogP contribution in [0, 0.1) is 0 Å². The fraction of sp³-hybridized carbons (Fsp3) is 0.133. The van der Waals surface area contributed by atoms with Gasteiger partial charge in [-0.3, -0.25) is 14.2 Å². The summed E-state index contributed by atoms with van der Waals surface area (Å²) < 4.78 is 6.49. The molecule has 5 nitrogen and oxygen atoms in total. The number of rotatable bonds is 4. The van der Waals surface area contributed by atoms with Crippen molar-refractivity contribution in [2.45, 2.75) is 6.54 Å². The molecule has 6 heteroatoms. The first-order valence-corrected chi connectivity index (χ1v) is 7.17. The molecule has 0 fully saturated rings. The highest BCUT2D eigenvalue weighted by Crippen LogP contribution is 2.18.